The van der Waals surface area contributed by atoms with Gasteiger partial charge < -0.3 is 24.1 Å². The van der Waals surface area contributed by atoms with Gasteiger partial charge in [0.1, 0.15) is 29.3 Å². The number of ether oxygens (including phenoxy) is 3. The van der Waals surface area contributed by atoms with Crippen LogP contribution in [0.1, 0.15) is 11.1 Å². The number of rotatable bonds is 7. The summed E-state index contributed by atoms with van der Waals surface area (Å²) < 4.78 is 21.7. The summed E-state index contributed by atoms with van der Waals surface area (Å²) in [6.45, 7) is 1.80. The summed E-state index contributed by atoms with van der Waals surface area (Å²) in [4.78, 5) is 16.7. The lowest BCUT2D eigenvalue weighted by Gasteiger charge is -2.13. The Bertz CT molecular complexity index is 1240. The molecule has 2 aromatic carbocycles. The Kier molecular flexibility index (Phi) is 5.70. The molecule has 4 aromatic rings. The minimum atomic E-state index is -0.224. The zero-order valence-corrected chi connectivity index (χ0v) is 17.3. The number of methoxy groups -OCH3 is 2. The van der Waals surface area contributed by atoms with E-state index in [9.17, 15) is 4.79 Å². The quantitative estimate of drug-likeness (QED) is 0.470. The van der Waals surface area contributed by atoms with Crippen molar-refractivity contribution in [3.63, 3.8) is 0 Å². The molecule has 31 heavy (non-hydrogen) atoms. The Labute approximate surface area is 178 Å². The van der Waals surface area contributed by atoms with Gasteiger partial charge in [0.05, 0.1) is 26.2 Å². The molecule has 4 rings (SSSR count). The zero-order valence-electron chi connectivity index (χ0n) is 17.3. The number of aromatic nitrogens is 2. The molecule has 0 aliphatic carbocycles. The van der Waals surface area contributed by atoms with E-state index in [0.717, 1.165) is 27.8 Å². The second kappa shape index (κ2) is 8.74. The molecule has 0 unspecified atom stereocenters. The first-order chi connectivity index (χ1) is 15.1. The molecule has 1 N–H and O–H groups in total. The number of fused-ring (bicyclic) bond motifs is 1. The van der Waals surface area contributed by atoms with Crippen molar-refractivity contribution >= 4 is 22.6 Å². The van der Waals surface area contributed by atoms with Gasteiger partial charge in [0.15, 0.2) is 5.82 Å². The molecule has 2 aromatic heterocycles. The van der Waals surface area contributed by atoms with Crippen molar-refractivity contribution in [1.29, 1.82) is 0 Å². The van der Waals surface area contributed by atoms with Crippen LogP contribution in [-0.2, 0) is 11.2 Å². The Morgan fingerprint density at radius 1 is 1.03 bits per heavy atom. The van der Waals surface area contributed by atoms with Gasteiger partial charge in [0.2, 0.25) is 5.91 Å². The summed E-state index contributed by atoms with van der Waals surface area (Å²) in [5.74, 6) is 2.69. The van der Waals surface area contributed by atoms with Crippen molar-refractivity contribution in [1.82, 2.24) is 10.1 Å². The molecule has 0 saturated carbocycles. The highest BCUT2D eigenvalue weighted by Crippen LogP contribution is 2.33. The molecular weight excluding hydrogens is 398 g/mol. The van der Waals surface area contributed by atoms with Crippen LogP contribution >= 0.6 is 0 Å². The van der Waals surface area contributed by atoms with Crippen LogP contribution in [0.4, 0.5) is 5.82 Å². The summed E-state index contributed by atoms with van der Waals surface area (Å²) in [5, 5.41) is 7.35. The van der Waals surface area contributed by atoms with Crippen LogP contribution in [0, 0.1) is 6.92 Å². The number of carbonyl (C=O) groups is 1. The first kappa shape index (κ1) is 20.2. The number of nitrogens with zero attached hydrogens (tertiary/aromatic N) is 2. The molecule has 2 heterocycles. The van der Waals surface area contributed by atoms with Crippen molar-refractivity contribution in [2.75, 3.05) is 19.5 Å². The maximum absolute atomic E-state index is 12.4. The second-order valence-electron chi connectivity index (χ2n) is 6.84. The summed E-state index contributed by atoms with van der Waals surface area (Å²) in [7, 11) is 3.17. The largest absolute Gasteiger partial charge is 0.497 e. The number of carbonyl (C=O) groups excluding carboxylic acids is 1. The van der Waals surface area contributed by atoms with E-state index in [1.807, 2.05) is 18.2 Å². The predicted molar refractivity (Wildman–Crippen MR) is 115 cm³/mol. The van der Waals surface area contributed by atoms with E-state index >= 15 is 0 Å². The molecule has 8 nitrogen and oxygen atoms in total. The first-order valence-electron chi connectivity index (χ1n) is 9.55. The minimum absolute atomic E-state index is 0.119. The monoisotopic (exact) mass is 419 g/mol. The topological polar surface area (TPSA) is 95.7 Å². The first-order valence-corrected chi connectivity index (χ1v) is 9.55. The van der Waals surface area contributed by atoms with Crippen molar-refractivity contribution in [2.24, 2.45) is 0 Å². The average Bonchev–Trinajstić information content (AvgIpc) is 3.18. The Morgan fingerprint density at radius 3 is 2.61 bits per heavy atom. The van der Waals surface area contributed by atoms with E-state index in [0.29, 0.717) is 23.1 Å². The standard InChI is InChI=1S/C23H21N3O5/c1-14-13-30-26-23(14)25-22(27)10-15-4-5-17(12-21(15)29-3)31-20-8-9-24-19-11-16(28-2)6-7-18(19)20/h4-9,11-13H,10H2,1-3H3,(H,25,26,27). The zero-order chi connectivity index (χ0) is 21.8. The van der Waals surface area contributed by atoms with Gasteiger partial charge in [0.25, 0.3) is 0 Å². The van der Waals surface area contributed by atoms with Gasteiger partial charge in [0, 0.05) is 34.8 Å². The summed E-state index contributed by atoms with van der Waals surface area (Å²) >= 11 is 0. The van der Waals surface area contributed by atoms with Crippen LogP contribution < -0.4 is 19.5 Å². The van der Waals surface area contributed by atoms with Crippen LogP contribution in [0.15, 0.2) is 59.4 Å². The van der Waals surface area contributed by atoms with Crippen LogP contribution in [-0.4, -0.2) is 30.3 Å². The van der Waals surface area contributed by atoms with Crippen molar-refractivity contribution < 1.29 is 23.5 Å². The highest BCUT2D eigenvalue weighted by Gasteiger charge is 2.14. The lowest BCUT2D eigenvalue weighted by molar-refractivity contribution is -0.115. The van der Waals surface area contributed by atoms with E-state index in [-0.39, 0.29) is 12.3 Å². The van der Waals surface area contributed by atoms with E-state index in [1.54, 1.807) is 51.6 Å². The van der Waals surface area contributed by atoms with Gasteiger partial charge in [-0.2, -0.15) is 0 Å². The third kappa shape index (κ3) is 4.42. The van der Waals surface area contributed by atoms with Crippen molar-refractivity contribution in [2.45, 2.75) is 13.3 Å². The smallest absolute Gasteiger partial charge is 0.230 e. The van der Waals surface area contributed by atoms with Gasteiger partial charge in [-0.05, 0) is 31.2 Å². The van der Waals surface area contributed by atoms with Gasteiger partial charge in [-0.3, -0.25) is 9.78 Å². The van der Waals surface area contributed by atoms with E-state index in [1.165, 1.54) is 6.26 Å². The molecule has 158 valence electrons. The third-order valence-corrected chi connectivity index (χ3v) is 4.75. The molecule has 0 radical (unpaired) electrons. The Balaban J connectivity index is 1.54. The number of amides is 1. The average molecular weight is 419 g/mol. The number of hydrogen-bond donors (Lipinski definition) is 1. The van der Waals surface area contributed by atoms with Gasteiger partial charge in [-0.25, -0.2) is 0 Å². The molecular formula is C23H21N3O5. The highest BCUT2D eigenvalue weighted by molar-refractivity contribution is 5.92. The lowest BCUT2D eigenvalue weighted by Crippen LogP contribution is -2.15. The molecule has 0 fully saturated rings. The Morgan fingerprint density at radius 2 is 1.87 bits per heavy atom. The van der Waals surface area contributed by atoms with Crippen LogP contribution in [0.5, 0.6) is 23.0 Å². The van der Waals surface area contributed by atoms with Crippen molar-refractivity contribution in [3.8, 4) is 23.0 Å². The van der Waals surface area contributed by atoms with E-state index < -0.39 is 0 Å². The van der Waals surface area contributed by atoms with Crippen LogP contribution in [0.2, 0.25) is 0 Å². The van der Waals surface area contributed by atoms with Crippen LogP contribution in [0.25, 0.3) is 10.9 Å². The fraction of sp³-hybridized carbons (Fsp3) is 0.174. The highest BCUT2D eigenvalue weighted by atomic mass is 16.5. The lowest BCUT2D eigenvalue weighted by atomic mass is 10.1. The van der Waals surface area contributed by atoms with Gasteiger partial charge >= 0.3 is 0 Å². The maximum Gasteiger partial charge on any atom is 0.230 e. The molecule has 0 aliphatic heterocycles. The third-order valence-electron chi connectivity index (χ3n) is 4.75. The SMILES string of the molecule is COc1ccc2c(Oc3ccc(CC(=O)Nc4nocc4C)c(OC)c3)ccnc2c1. The van der Waals surface area contributed by atoms with E-state index in [4.69, 9.17) is 18.7 Å². The minimum Gasteiger partial charge on any atom is -0.497 e. The van der Waals surface area contributed by atoms with Crippen LogP contribution in [0.3, 0.4) is 0 Å². The summed E-state index contributed by atoms with van der Waals surface area (Å²) in [6, 6.07) is 12.7. The fourth-order valence-corrected chi connectivity index (χ4v) is 3.14. The molecule has 1 amide bonds. The number of hydrogen-bond acceptors (Lipinski definition) is 7. The summed E-state index contributed by atoms with van der Waals surface area (Å²) in [5.41, 5.74) is 2.24. The van der Waals surface area contributed by atoms with E-state index in [2.05, 4.69) is 15.5 Å². The Hall–Kier alpha value is -4.07. The summed E-state index contributed by atoms with van der Waals surface area (Å²) in [6.07, 6.45) is 3.27. The van der Waals surface area contributed by atoms with Gasteiger partial charge in [-0.1, -0.05) is 11.2 Å². The second-order valence-corrected chi connectivity index (χ2v) is 6.84. The number of aryl methyl sites for hydroxylation is 1. The molecule has 0 atom stereocenters. The fourth-order valence-electron chi connectivity index (χ4n) is 3.14. The number of benzene rings is 2. The molecule has 0 aliphatic rings. The normalized spacial score (nSPS) is 10.7. The van der Waals surface area contributed by atoms with Crippen molar-refractivity contribution in [3.05, 3.63) is 66.1 Å². The predicted octanol–water partition coefficient (Wildman–Crippen LogP) is 4.52. The molecule has 8 heteroatoms. The maximum atomic E-state index is 12.4. The number of pyridine rings is 1. The number of anilines is 1. The molecule has 0 saturated heterocycles. The molecule has 0 bridgehead atoms. The molecule has 0 spiro atoms. The van der Waals surface area contributed by atoms with Gasteiger partial charge in [-0.15, -0.1) is 0 Å². The number of nitrogens with one attached hydrogen (secondary N) is 1.